The van der Waals surface area contributed by atoms with Crippen LogP contribution in [0, 0.1) is 10.1 Å². The van der Waals surface area contributed by atoms with Crippen LogP contribution in [-0.2, 0) is 16.6 Å². The Hall–Kier alpha value is -2.18. The van der Waals surface area contributed by atoms with E-state index in [0.29, 0.717) is 5.69 Å². The van der Waals surface area contributed by atoms with Crippen molar-refractivity contribution in [1.29, 1.82) is 0 Å². The number of carbonyl (C=O) groups excluding carboxylic acids is 1. The van der Waals surface area contributed by atoms with Crippen LogP contribution >= 0.6 is 0 Å². The number of hydrogen-bond acceptors (Lipinski definition) is 5. The maximum Gasteiger partial charge on any atom is 0.434 e. The number of hydrogen-bond donors (Lipinski definition) is 0. The molecule has 7 heteroatoms. The van der Waals surface area contributed by atoms with E-state index in [1.54, 1.807) is 6.92 Å². The maximum atomic E-state index is 11.0. The first-order chi connectivity index (χ1) is 7.56. The number of esters is 1. The molecule has 0 N–H and O–H groups in total. The predicted molar refractivity (Wildman–Crippen MR) is 55.5 cm³/mol. The predicted octanol–water partition coefficient (Wildman–Crippen LogP) is 0.905. The van der Waals surface area contributed by atoms with Gasteiger partial charge in [-0.05, 0) is 17.9 Å². The number of rotatable bonds is 4. The molecular formula is C9H11N3O4. The minimum Gasteiger partial charge on any atom is -0.463 e. The molecule has 7 nitrogen and oxygen atoms in total. The van der Waals surface area contributed by atoms with E-state index in [0.717, 1.165) is 0 Å². The fraction of sp³-hybridized carbons (Fsp3) is 0.333. The third-order valence-electron chi connectivity index (χ3n) is 1.84. The average molecular weight is 225 g/mol. The van der Waals surface area contributed by atoms with E-state index in [9.17, 15) is 14.9 Å². The first-order valence-corrected chi connectivity index (χ1v) is 4.57. The van der Waals surface area contributed by atoms with Crippen LogP contribution in [0.2, 0.25) is 0 Å². The van der Waals surface area contributed by atoms with Gasteiger partial charge in [0.2, 0.25) is 0 Å². The van der Waals surface area contributed by atoms with Gasteiger partial charge in [0.15, 0.2) is 0 Å². The highest BCUT2D eigenvalue weighted by Crippen LogP contribution is 2.11. The van der Waals surface area contributed by atoms with Crippen LogP contribution in [0.25, 0.3) is 6.08 Å². The molecule has 0 aliphatic heterocycles. The highest BCUT2D eigenvalue weighted by Gasteiger charge is 2.15. The summed E-state index contributed by atoms with van der Waals surface area (Å²) < 4.78 is 5.94. The Morgan fingerprint density at radius 1 is 1.75 bits per heavy atom. The van der Waals surface area contributed by atoms with Crippen LogP contribution in [0.5, 0.6) is 0 Å². The first-order valence-electron chi connectivity index (χ1n) is 4.57. The summed E-state index contributed by atoms with van der Waals surface area (Å²) in [7, 11) is 1.50. The lowest BCUT2D eigenvalue weighted by atomic mass is 10.4. The van der Waals surface area contributed by atoms with Crippen molar-refractivity contribution in [3.8, 4) is 0 Å². The molecule has 0 spiro atoms. The summed E-state index contributed by atoms with van der Waals surface area (Å²) in [5.74, 6) is -0.769. The topological polar surface area (TPSA) is 87.3 Å². The lowest BCUT2D eigenvalue weighted by Gasteiger charge is -1.95. The van der Waals surface area contributed by atoms with Crippen molar-refractivity contribution >= 4 is 18.0 Å². The lowest BCUT2D eigenvalue weighted by molar-refractivity contribution is -0.396. The average Bonchev–Trinajstić information content (AvgIpc) is 2.57. The third kappa shape index (κ3) is 2.66. The van der Waals surface area contributed by atoms with Crippen molar-refractivity contribution in [2.45, 2.75) is 6.92 Å². The molecule has 0 amide bonds. The molecule has 0 fully saturated rings. The molecule has 1 aromatic heterocycles. The number of aromatic nitrogens is 2. The van der Waals surface area contributed by atoms with E-state index in [-0.39, 0.29) is 12.6 Å². The van der Waals surface area contributed by atoms with Gasteiger partial charge < -0.3 is 14.9 Å². The summed E-state index contributed by atoms with van der Waals surface area (Å²) in [6.07, 6.45) is 3.93. The minimum absolute atomic E-state index is 0.275. The first kappa shape index (κ1) is 11.9. The molecule has 1 rings (SSSR count). The van der Waals surface area contributed by atoms with Gasteiger partial charge in [0.1, 0.15) is 11.9 Å². The zero-order valence-electron chi connectivity index (χ0n) is 8.91. The number of nitro groups is 1. The van der Waals surface area contributed by atoms with E-state index in [2.05, 4.69) is 9.72 Å². The Balaban J connectivity index is 2.82. The number of carbonyl (C=O) groups is 1. The summed E-state index contributed by atoms with van der Waals surface area (Å²) >= 11 is 0. The molecule has 0 saturated carbocycles. The Labute approximate surface area is 91.5 Å². The highest BCUT2D eigenvalue weighted by molar-refractivity contribution is 5.86. The smallest absolute Gasteiger partial charge is 0.434 e. The fourth-order valence-corrected chi connectivity index (χ4v) is 1.08. The normalized spacial score (nSPS) is 10.6. The number of nitrogens with zero attached hydrogens (tertiary/aromatic N) is 3. The van der Waals surface area contributed by atoms with Gasteiger partial charge in [-0.25, -0.2) is 9.36 Å². The van der Waals surface area contributed by atoms with Crippen LogP contribution < -0.4 is 0 Å². The van der Waals surface area contributed by atoms with E-state index in [4.69, 9.17) is 0 Å². The summed E-state index contributed by atoms with van der Waals surface area (Å²) in [5.41, 5.74) is 0.458. The van der Waals surface area contributed by atoms with Crippen molar-refractivity contribution in [2.24, 2.45) is 7.05 Å². The van der Waals surface area contributed by atoms with E-state index in [1.165, 1.54) is 30.0 Å². The van der Waals surface area contributed by atoms with E-state index >= 15 is 0 Å². The van der Waals surface area contributed by atoms with Crippen molar-refractivity contribution in [1.82, 2.24) is 9.55 Å². The van der Waals surface area contributed by atoms with Crippen LogP contribution in [0.15, 0.2) is 12.3 Å². The van der Waals surface area contributed by atoms with Crippen LogP contribution in [0.1, 0.15) is 12.6 Å². The summed E-state index contributed by atoms with van der Waals surface area (Å²) in [6.45, 7) is 1.98. The largest absolute Gasteiger partial charge is 0.463 e. The Morgan fingerprint density at radius 2 is 2.44 bits per heavy atom. The Morgan fingerprint density at radius 3 is 2.94 bits per heavy atom. The molecule has 0 aliphatic carbocycles. The van der Waals surface area contributed by atoms with Crippen molar-refractivity contribution in [3.63, 3.8) is 0 Å². The SMILES string of the molecule is CCOC(=O)/C=C/c1cnc([N+](=O)[O-])n1C. The summed E-state index contributed by atoms with van der Waals surface area (Å²) in [6, 6.07) is 0. The molecule has 0 saturated heterocycles. The molecule has 0 aromatic carbocycles. The van der Waals surface area contributed by atoms with Crippen molar-refractivity contribution in [3.05, 3.63) is 28.1 Å². The number of ether oxygens (including phenoxy) is 1. The fourth-order valence-electron chi connectivity index (χ4n) is 1.08. The van der Waals surface area contributed by atoms with Gasteiger partial charge in [0.25, 0.3) is 0 Å². The molecule has 1 aromatic rings. The van der Waals surface area contributed by atoms with Gasteiger partial charge in [-0.3, -0.25) is 0 Å². The van der Waals surface area contributed by atoms with Gasteiger partial charge in [-0.2, -0.15) is 0 Å². The molecule has 0 aliphatic rings. The molecule has 1 heterocycles. The lowest BCUT2D eigenvalue weighted by Crippen LogP contribution is -2.01. The van der Waals surface area contributed by atoms with Gasteiger partial charge in [0.05, 0.1) is 13.7 Å². The maximum absolute atomic E-state index is 11.0. The Bertz CT molecular complexity index is 436. The second-order valence-corrected chi connectivity index (χ2v) is 2.88. The number of imidazole rings is 1. The summed E-state index contributed by atoms with van der Waals surface area (Å²) in [5, 5.41) is 10.5. The molecule has 0 atom stereocenters. The monoisotopic (exact) mass is 225 g/mol. The molecule has 86 valence electrons. The van der Waals surface area contributed by atoms with Crippen LogP contribution in [0.4, 0.5) is 5.95 Å². The zero-order valence-corrected chi connectivity index (χ0v) is 8.91. The second-order valence-electron chi connectivity index (χ2n) is 2.88. The van der Waals surface area contributed by atoms with E-state index < -0.39 is 10.9 Å². The standard InChI is InChI=1S/C9H11N3O4/c1-3-16-8(13)5-4-7-6-10-9(11(7)2)12(14)15/h4-6H,3H2,1-2H3/b5-4+. The molecule has 16 heavy (non-hydrogen) atoms. The van der Waals surface area contributed by atoms with Gasteiger partial charge >= 0.3 is 11.9 Å². The molecule has 0 unspecified atom stereocenters. The van der Waals surface area contributed by atoms with Gasteiger partial charge in [-0.1, -0.05) is 4.98 Å². The van der Waals surface area contributed by atoms with Crippen molar-refractivity contribution < 1.29 is 14.5 Å². The molecular weight excluding hydrogens is 214 g/mol. The zero-order chi connectivity index (χ0) is 12.1. The molecule has 0 bridgehead atoms. The van der Waals surface area contributed by atoms with Gasteiger partial charge in [-0.15, -0.1) is 0 Å². The third-order valence-corrected chi connectivity index (χ3v) is 1.84. The van der Waals surface area contributed by atoms with E-state index in [1.807, 2.05) is 0 Å². The Kier molecular flexibility index (Phi) is 3.76. The highest BCUT2D eigenvalue weighted by atomic mass is 16.6. The second kappa shape index (κ2) is 5.06. The minimum atomic E-state index is -0.596. The summed E-state index contributed by atoms with van der Waals surface area (Å²) in [4.78, 5) is 24.5. The quantitative estimate of drug-likeness (QED) is 0.329. The van der Waals surface area contributed by atoms with Gasteiger partial charge in [0, 0.05) is 6.08 Å². The van der Waals surface area contributed by atoms with Crippen molar-refractivity contribution in [2.75, 3.05) is 6.61 Å². The van der Waals surface area contributed by atoms with Crippen LogP contribution in [-0.4, -0.2) is 27.1 Å². The molecule has 0 radical (unpaired) electrons. The van der Waals surface area contributed by atoms with Crippen LogP contribution in [0.3, 0.4) is 0 Å².